The van der Waals surface area contributed by atoms with Gasteiger partial charge in [-0.25, -0.2) is 4.98 Å². The van der Waals surface area contributed by atoms with Gasteiger partial charge < -0.3 is 10.8 Å². The number of Topliss-reactive ketones (excluding diaryl/α,β-unsaturated/α-hetero) is 1. The predicted molar refractivity (Wildman–Crippen MR) is 58.3 cm³/mol. The fourth-order valence-corrected chi connectivity index (χ4v) is 1.34. The molecule has 0 bridgehead atoms. The minimum absolute atomic E-state index is 0.154. The van der Waals surface area contributed by atoms with Crippen molar-refractivity contribution in [2.75, 3.05) is 5.73 Å². The maximum Gasteiger partial charge on any atom is 0.165 e. The molecule has 4 nitrogen and oxygen atoms in total. The molecule has 0 saturated heterocycles. The average molecular weight is 208 g/mol. The lowest BCUT2D eigenvalue weighted by Crippen LogP contribution is -2.22. The van der Waals surface area contributed by atoms with Crippen LogP contribution in [0.4, 0.5) is 5.82 Å². The second-order valence-corrected chi connectivity index (χ2v) is 3.50. The van der Waals surface area contributed by atoms with Gasteiger partial charge in [0.2, 0.25) is 0 Å². The van der Waals surface area contributed by atoms with Gasteiger partial charge >= 0.3 is 0 Å². The van der Waals surface area contributed by atoms with Gasteiger partial charge in [-0.05, 0) is 12.5 Å². The summed E-state index contributed by atoms with van der Waals surface area (Å²) in [5.74, 6) is 0.158. The first-order valence-corrected chi connectivity index (χ1v) is 5.05. The Morgan fingerprint density at radius 1 is 1.67 bits per heavy atom. The molecule has 0 spiro atoms. The molecule has 1 aromatic heterocycles. The zero-order valence-corrected chi connectivity index (χ0v) is 8.81. The molecule has 0 amide bonds. The number of rotatable bonds is 5. The molecule has 0 aromatic carbocycles. The highest BCUT2D eigenvalue weighted by atomic mass is 16.3. The van der Waals surface area contributed by atoms with Crippen LogP contribution in [-0.4, -0.2) is 22.0 Å². The van der Waals surface area contributed by atoms with Gasteiger partial charge in [0.05, 0.1) is 0 Å². The van der Waals surface area contributed by atoms with E-state index in [9.17, 15) is 9.90 Å². The number of carbonyl (C=O) groups excluding carboxylic acids is 1. The highest BCUT2D eigenvalue weighted by Gasteiger charge is 2.15. The number of hydrogen-bond acceptors (Lipinski definition) is 4. The molecule has 0 radical (unpaired) electrons. The average Bonchev–Trinajstić information content (AvgIpc) is 2.21. The van der Waals surface area contributed by atoms with E-state index < -0.39 is 6.10 Å². The molecule has 0 aliphatic heterocycles. The lowest BCUT2D eigenvalue weighted by atomic mass is 10.0. The molecule has 1 atom stereocenters. The molecule has 82 valence electrons. The van der Waals surface area contributed by atoms with Crippen LogP contribution in [0.3, 0.4) is 0 Å². The van der Waals surface area contributed by atoms with Crippen molar-refractivity contribution in [2.45, 2.75) is 32.3 Å². The number of anilines is 1. The number of aromatic nitrogens is 1. The zero-order chi connectivity index (χ0) is 11.3. The second-order valence-electron chi connectivity index (χ2n) is 3.50. The summed E-state index contributed by atoms with van der Waals surface area (Å²) in [6.45, 7) is 1.93. The van der Waals surface area contributed by atoms with Crippen LogP contribution in [0.2, 0.25) is 0 Å². The highest BCUT2D eigenvalue weighted by molar-refractivity contribution is 5.85. The molecule has 0 saturated carbocycles. The summed E-state index contributed by atoms with van der Waals surface area (Å²) in [6.07, 6.45) is 2.13. The van der Waals surface area contributed by atoms with Gasteiger partial charge in [0.25, 0.3) is 0 Å². The van der Waals surface area contributed by atoms with Crippen LogP contribution in [-0.2, 0) is 11.2 Å². The third-order valence-electron chi connectivity index (χ3n) is 2.22. The molecule has 1 aromatic rings. The Morgan fingerprint density at radius 3 is 3.00 bits per heavy atom. The van der Waals surface area contributed by atoms with Crippen LogP contribution in [0, 0.1) is 0 Å². The topological polar surface area (TPSA) is 76.2 Å². The molecule has 0 aliphatic carbocycles. The Bertz CT molecular complexity index is 339. The summed E-state index contributed by atoms with van der Waals surface area (Å²) in [7, 11) is 0. The molecule has 1 heterocycles. The molecular formula is C11H16N2O2. The number of nitrogen functional groups attached to an aromatic ring is 1. The molecule has 4 heteroatoms. The molecule has 0 fully saturated rings. The van der Waals surface area contributed by atoms with Crippen molar-refractivity contribution >= 4 is 11.6 Å². The standard InChI is InChI=1S/C11H16N2O2/c1-2-4-9(14)10(15)7-8-5-3-6-13-11(8)12/h3,5-6,9,14H,2,4,7H2,1H3,(H2,12,13). The van der Waals surface area contributed by atoms with Gasteiger partial charge in [0, 0.05) is 18.2 Å². The Kier molecular flexibility index (Phi) is 4.24. The van der Waals surface area contributed by atoms with E-state index in [2.05, 4.69) is 4.98 Å². The predicted octanol–water partition coefficient (Wildman–Crippen LogP) is 0.936. The Balaban J connectivity index is 2.62. The van der Waals surface area contributed by atoms with Gasteiger partial charge in [0.15, 0.2) is 5.78 Å². The van der Waals surface area contributed by atoms with Crippen LogP contribution < -0.4 is 5.73 Å². The van der Waals surface area contributed by atoms with Crippen molar-refractivity contribution in [3.05, 3.63) is 23.9 Å². The summed E-state index contributed by atoms with van der Waals surface area (Å²) in [5.41, 5.74) is 6.28. The van der Waals surface area contributed by atoms with E-state index >= 15 is 0 Å². The van der Waals surface area contributed by atoms with Gasteiger partial charge in [0.1, 0.15) is 11.9 Å². The number of carbonyl (C=O) groups is 1. The second kappa shape index (κ2) is 5.46. The van der Waals surface area contributed by atoms with Crippen LogP contribution in [0.15, 0.2) is 18.3 Å². The fourth-order valence-electron chi connectivity index (χ4n) is 1.34. The molecule has 0 aliphatic rings. The molecule has 15 heavy (non-hydrogen) atoms. The summed E-state index contributed by atoms with van der Waals surface area (Å²) < 4.78 is 0. The third-order valence-corrected chi connectivity index (χ3v) is 2.22. The van der Waals surface area contributed by atoms with Crippen LogP contribution in [0.1, 0.15) is 25.3 Å². The number of hydrogen-bond donors (Lipinski definition) is 2. The monoisotopic (exact) mass is 208 g/mol. The van der Waals surface area contributed by atoms with E-state index in [1.807, 2.05) is 6.92 Å². The van der Waals surface area contributed by atoms with Crippen LogP contribution >= 0.6 is 0 Å². The van der Waals surface area contributed by atoms with Crippen molar-refractivity contribution in [3.63, 3.8) is 0 Å². The van der Waals surface area contributed by atoms with Crippen molar-refractivity contribution in [2.24, 2.45) is 0 Å². The van der Waals surface area contributed by atoms with Gasteiger partial charge in [-0.2, -0.15) is 0 Å². The first-order valence-electron chi connectivity index (χ1n) is 5.05. The minimum atomic E-state index is -0.880. The van der Waals surface area contributed by atoms with Crippen molar-refractivity contribution in [1.82, 2.24) is 4.98 Å². The van der Waals surface area contributed by atoms with E-state index in [4.69, 9.17) is 5.73 Å². The van der Waals surface area contributed by atoms with E-state index in [1.54, 1.807) is 18.3 Å². The zero-order valence-electron chi connectivity index (χ0n) is 8.81. The first kappa shape index (κ1) is 11.7. The minimum Gasteiger partial charge on any atom is -0.385 e. The third kappa shape index (κ3) is 3.32. The molecular weight excluding hydrogens is 192 g/mol. The number of pyridine rings is 1. The fraction of sp³-hybridized carbons (Fsp3) is 0.455. The number of aliphatic hydroxyl groups is 1. The van der Waals surface area contributed by atoms with Crippen LogP contribution in [0.25, 0.3) is 0 Å². The molecule has 1 rings (SSSR count). The van der Waals surface area contributed by atoms with Crippen molar-refractivity contribution < 1.29 is 9.90 Å². The van der Waals surface area contributed by atoms with E-state index in [1.165, 1.54) is 0 Å². The van der Waals surface area contributed by atoms with E-state index in [0.717, 1.165) is 6.42 Å². The number of nitrogens with zero attached hydrogens (tertiary/aromatic N) is 1. The first-order chi connectivity index (χ1) is 7.15. The largest absolute Gasteiger partial charge is 0.385 e. The van der Waals surface area contributed by atoms with Crippen molar-refractivity contribution in [3.8, 4) is 0 Å². The van der Waals surface area contributed by atoms with Gasteiger partial charge in [-0.3, -0.25) is 4.79 Å². The quantitative estimate of drug-likeness (QED) is 0.755. The van der Waals surface area contributed by atoms with Gasteiger partial charge in [-0.1, -0.05) is 19.4 Å². The summed E-state index contributed by atoms with van der Waals surface area (Å²) >= 11 is 0. The lowest BCUT2D eigenvalue weighted by Gasteiger charge is -2.08. The molecule has 3 N–H and O–H groups in total. The van der Waals surface area contributed by atoms with E-state index in [-0.39, 0.29) is 12.2 Å². The summed E-state index contributed by atoms with van der Waals surface area (Å²) in [5, 5.41) is 9.46. The Hall–Kier alpha value is -1.42. The van der Waals surface area contributed by atoms with E-state index in [0.29, 0.717) is 17.8 Å². The normalized spacial score (nSPS) is 12.4. The van der Waals surface area contributed by atoms with Crippen LogP contribution in [0.5, 0.6) is 0 Å². The SMILES string of the molecule is CCCC(O)C(=O)Cc1cccnc1N. The maximum absolute atomic E-state index is 11.5. The van der Waals surface area contributed by atoms with Crippen molar-refractivity contribution in [1.29, 1.82) is 0 Å². The number of nitrogens with two attached hydrogens (primary N) is 1. The number of ketones is 1. The van der Waals surface area contributed by atoms with Gasteiger partial charge in [-0.15, -0.1) is 0 Å². The Labute approximate surface area is 89.1 Å². The summed E-state index contributed by atoms with van der Waals surface area (Å²) in [4.78, 5) is 15.4. The Morgan fingerprint density at radius 2 is 2.40 bits per heavy atom. The highest BCUT2D eigenvalue weighted by Crippen LogP contribution is 2.10. The maximum atomic E-state index is 11.5. The lowest BCUT2D eigenvalue weighted by molar-refractivity contribution is -0.126. The smallest absolute Gasteiger partial charge is 0.165 e. The number of aliphatic hydroxyl groups excluding tert-OH is 1. The summed E-state index contributed by atoms with van der Waals surface area (Å²) in [6, 6.07) is 3.48. The molecule has 1 unspecified atom stereocenters.